The van der Waals surface area contributed by atoms with E-state index in [2.05, 4.69) is 12.2 Å². The Hall–Kier alpha value is -1.90. The van der Waals surface area contributed by atoms with Crippen LogP contribution in [0, 0.1) is 49.4 Å². The van der Waals surface area contributed by atoms with Gasteiger partial charge in [0.2, 0.25) is 11.8 Å². The van der Waals surface area contributed by atoms with Gasteiger partial charge in [-0.2, -0.15) is 0 Å². The van der Waals surface area contributed by atoms with Crippen LogP contribution in [0.4, 0.5) is 5.69 Å². The van der Waals surface area contributed by atoms with E-state index in [1.165, 1.54) is 16.9 Å². The molecule has 1 heterocycles. The first-order valence-corrected chi connectivity index (χ1v) is 8.21. The molecule has 6 rings (SSSR count). The number of nitrogens with zero attached hydrogens (tertiary/aromatic N) is 1. The number of anilines is 1. The summed E-state index contributed by atoms with van der Waals surface area (Å²) in [6.45, 7) is 4.07. The maximum atomic E-state index is 13.0. The van der Waals surface area contributed by atoms with Gasteiger partial charge < -0.3 is 0 Å². The predicted octanol–water partition coefficient (Wildman–Crippen LogP) is 2.86. The van der Waals surface area contributed by atoms with Crippen LogP contribution in [-0.4, -0.2) is 11.8 Å². The molecule has 2 bridgehead atoms. The monoisotopic (exact) mass is 293 g/mol. The highest BCUT2D eigenvalue weighted by atomic mass is 16.2. The molecule has 1 aromatic carbocycles. The van der Waals surface area contributed by atoms with Gasteiger partial charge in [-0.1, -0.05) is 18.2 Å². The van der Waals surface area contributed by atoms with Gasteiger partial charge in [-0.15, -0.1) is 0 Å². The highest BCUT2D eigenvalue weighted by Crippen LogP contribution is 2.65. The fourth-order valence-corrected chi connectivity index (χ4v) is 5.08. The number of rotatable bonds is 1. The lowest BCUT2D eigenvalue weighted by atomic mass is 9.63. The Bertz CT molecular complexity index is 714. The van der Waals surface area contributed by atoms with Gasteiger partial charge in [0.25, 0.3) is 0 Å². The zero-order valence-corrected chi connectivity index (χ0v) is 12.8. The third-order valence-electron chi connectivity index (χ3n) is 6.41. The molecule has 3 heteroatoms. The van der Waals surface area contributed by atoms with Gasteiger partial charge in [0.05, 0.1) is 17.5 Å². The van der Waals surface area contributed by atoms with Crippen LogP contribution in [0.15, 0.2) is 30.4 Å². The molecule has 0 spiro atoms. The SMILES string of the molecule is Cc1ccc(N2C(=O)[C@@H]3[C@@H]4C=C[C@H]([C@@H]5C[C@H]45)[C@@H]3C2=O)cc1C. The van der Waals surface area contributed by atoms with Crippen molar-refractivity contribution < 1.29 is 9.59 Å². The Balaban J connectivity index is 1.58. The second-order valence-corrected chi connectivity index (χ2v) is 7.44. The molecule has 1 aliphatic heterocycles. The van der Waals surface area contributed by atoms with Crippen molar-refractivity contribution in [2.24, 2.45) is 35.5 Å². The van der Waals surface area contributed by atoms with Gasteiger partial charge in [0.1, 0.15) is 0 Å². The first kappa shape index (κ1) is 12.6. The van der Waals surface area contributed by atoms with E-state index in [4.69, 9.17) is 0 Å². The Kier molecular flexibility index (Phi) is 2.23. The lowest BCUT2D eigenvalue weighted by Gasteiger charge is -2.37. The lowest BCUT2D eigenvalue weighted by Crippen LogP contribution is -2.40. The summed E-state index contributed by atoms with van der Waals surface area (Å²) >= 11 is 0. The van der Waals surface area contributed by atoms with E-state index >= 15 is 0 Å². The van der Waals surface area contributed by atoms with Crippen molar-refractivity contribution in [3.05, 3.63) is 41.5 Å². The third kappa shape index (κ3) is 1.37. The fraction of sp³-hybridized carbons (Fsp3) is 0.474. The summed E-state index contributed by atoms with van der Waals surface area (Å²) < 4.78 is 0. The number of carbonyl (C=O) groups is 2. The number of hydrogen-bond acceptors (Lipinski definition) is 2. The number of carbonyl (C=O) groups excluding carboxylic acids is 2. The summed E-state index contributed by atoms with van der Waals surface area (Å²) in [6, 6.07) is 5.88. The zero-order chi connectivity index (χ0) is 15.2. The smallest absolute Gasteiger partial charge is 0.238 e. The molecule has 1 saturated heterocycles. The number of imide groups is 1. The summed E-state index contributed by atoms with van der Waals surface area (Å²) in [6.07, 6.45) is 5.64. The predicted molar refractivity (Wildman–Crippen MR) is 83.1 cm³/mol. The normalized spacial score (nSPS) is 40.9. The molecule has 0 N–H and O–H groups in total. The second-order valence-electron chi connectivity index (χ2n) is 7.44. The molecule has 3 nitrogen and oxygen atoms in total. The first-order valence-electron chi connectivity index (χ1n) is 8.21. The molecule has 2 saturated carbocycles. The Morgan fingerprint density at radius 2 is 1.50 bits per heavy atom. The average molecular weight is 293 g/mol. The van der Waals surface area contributed by atoms with Gasteiger partial charge in [0.15, 0.2) is 0 Å². The average Bonchev–Trinajstić information content (AvgIpc) is 3.28. The standard InChI is InChI=1S/C19H19NO2/c1-9-3-4-11(7-10(9)2)20-18(21)16-12-5-6-13(15-8-14(12)15)17(16)19(20)22/h3-7,12-17H,8H2,1-2H3/t12-,13-,14-,15+,16-,17+/m1/s1. The largest absolute Gasteiger partial charge is 0.274 e. The van der Waals surface area contributed by atoms with Crippen LogP contribution >= 0.6 is 0 Å². The minimum atomic E-state index is -0.104. The van der Waals surface area contributed by atoms with Gasteiger partial charge in [-0.25, -0.2) is 0 Å². The molecule has 2 amide bonds. The Morgan fingerprint density at radius 3 is 2.05 bits per heavy atom. The first-order chi connectivity index (χ1) is 10.6. The van der Waals surface area contributed by atoms with Crippen LogP contribution in [-0.2, 0) is 9.59 Å². The summed E-state index contributed by atoms with van der Waals surface area (Å²) in [5.74, 6) is 1.77. The molecule has 5 aliphatic rings. The van der Waals surface area contributed by atoms with Crippen LogP contribution in [0.3, 0.4) is 0 Å². The van der Waals surface area contributed by atoms with Gasteiger partial charge in [0, 0.05) is 0 Å². The fourth-order valence-electron chi connectivity index (χ4n) is 5.08. The number of allylic oxidation sites excluding steroid dienone is 2. The van der Waals surface area contributed by atoms with E-state index in [1.54, 1.807) is 0 Å². The quantitative estimate of drug-likeness (QED) is 0.590. The van der Waals surface area contributed by atoms with Crippen LogP contribution in [0.25, 0.3) is 0 Å². The number of hydrogen-bond donors (Lipinski definition) is 0. The maximum Gasteiger partial charge on any atom is 0.238 e. The van der Waals surface area contributed by atoms with Crippen molar-refractivity contribution in [1.82, 2.24) is 0 Å². The molecule has 22 heavy (non-hydrogen) atoms. The van der Waals surface area contributed by atoms with Crippen LogP contribution in [0.1, 0.15) is 17.5 Å². The minimum Gasteiger partial charge on any atom is -0.274 e. The van der Waals surface area contributed by atoms with Gasteiger partial charge in [-0.05, 0) is 67.2 Å². The highest BCUT2D eigenvalue weighted by molar-refractivity contribution is 6.22. The maximum absolute atomic E-state index is 13.0. The molecule has 3 fully saturated rings. The molecule has 0 unspecified atom stereocenters. The Labute approximate surface area is 130 Å². The number of aryl methyl sites for hydroxylation is 2. The van der Waals surface area contributed by atoms with Crippen LogP contribution < -0.4 is 4.90 Å². The topological polar surface area (TPSA) is 37.4 Å². The molecule has 0 radical (unpaired) electrons. The minimum absolute atomic E-state index is 0.0305. The molecular weight excluding hydrogens is 274 g/mol. The second kappa shape index (κ2) is 3.89. The van der Waals surface area contributed by atoms with Crippen molar-refractivity contribution in [2.75, 3.05) is 4.90 Å². The number of benzene rings is 1. The van der Waals surface area contributed by atoms with Crippen LogP contribution in [0.2, 0.25) is 0 Å². The summed E-state index contributed by atoms with van der Waals surface area (Å²) in [4.78, 5) is 27.4. The van der Waals surface area contributed by atoms with E-state index in [0.29, 0.717) is 23.7 Å². The Morgan fingerprint density at radius 1 is 0.909 bits per heavy atom. The van der Waals surface area contributed by atoms with Crippen molar-refractivity contribution in [3.8, 4) is 0 Å². The number of amides is 2. The van der Waals surface area contributed by atoms with E-state index in [9.17, 15) is 9.59 Å². The highest BCUT2D eigenvalue weighted by Gasteiger charge is 2.67. The molecule has 4 aliphatic carbocycles. The molecule has 0 aromatic heterocycles. The van der Waals surface area contributed by atoms with Crippen molar-refractivity contribution in [1.29, 1.82) is 0 Å². The summed E-state index contributed by atoms with van der Waals surface area (Å²) in [7, 11) is 0. The van der Waals surface area contributed by atoms with Crippen molar-refractivity contribution >= 4 is 17.5 Å². The van der Waals surface area contributed by atoms with Crippen molar-refractivity contribution in [2.45, 2.75) is 20.3 Å². The van der Waals surface area contributed by atoms with E-state index in [-0.39, 0.29) is 23.7 Å². The summed E-state index contributed by atoms with van der Waals surface area (Å²) in [5.41, 5.74) is 3.06. The van der Waals surface area contributed by atoms with E-state index in [0.717, 1.165) is 11.3 Å². The van der Waals surface area contributed by atoms with Gasteiger partial charge in [-0.3, -0.25) is 14.5 Å². The molecular formula is C19H19NO2. The summed E-state index contributed by atoms with van der Waals surface area (Å²) in [5, 5.41) is 0. The lowest BCUT2D eigenvalue weighted by molar-refractivity contribution is -0.124. The van der Waals surface area contributed by atoms with E-state index in [1.807, 2.05) is 32.0 Å². The van der Waals surface area contributed by atoms with Gasteiger partial charge >= 0.3 is 0 Å². The molecule has 1 aromatic rings. The molecule has 112 valence electrons. The molecule has 6 atom stereocenters. The third-order valence-corrected chi connectivity index (χ3v) is 6.41. The van der Waals surface area contributed by atoms with Crippen LogP contribution in [0.5, 0.6) is 0 Å². The zero-order valence-electron chi connectivity index (χ0n) is 12.8. The van der Waals surface area contributed by atoms with E-state index < -0.39 is 0 Å². The van der Waals surface area contributed by atoms with Crippen molar-refractivity contribution in [3.63, 3.8) is 0 Å².